The Morgan fingerprint density at radius 3 is 2.44 bits per heavy atom. The molecule has 4 bridgehead atoms. The summed E-state index contributed by atoms with van der Waals surface area (Å²) in [5.41, 5.74) is 1.89. The van der Waals surface area contributed by atoms with Crippen molar-refractivity contribution < 1.29 is 32.0 Å². The highest BCUT2D eigenvalue weighted by atomic mass is 32.2. The number of pyridine rings is 1. The van der Waals surface area contributed by atoms with Crippen LogP contribution >= 0.6 is 0 Å². The topological polar surface area (TPSA) is 184 Å². The van der Waals surface area contributed by atoms with Crippen molar-refractivity contribution in [2.75, 3.05) is 36.4 Å². The Hall–Kier alpha value is -5.55. The normalized spacial score (nSPS) is 27.6. The van der Waals surface area contributed by atoms with Gasteiger partial charge in [-0.05, 0) is 117 Å². The molecule has 0 radical (unpaired) electrons. The van der Waals surface area contributed by atoms with Gasteiger partial charge in [0.1, 0.15) is 17.5 Å². The Morgan fingerprint density at radius 2 is 1.68 bits per heavy atom. The van der Waals surface area contributed by atoms with Gasteiger partial charge >= 0.3 is 0 Å². The Balaban J connectivity index is 0.725. The van der Waals surface area contributed by atoms with Crippen molar-refractivity contribution in [3.05, 3.63) is 87.6 Å². The predicted octanol–water partition coefficient (Wildman–Crippen LogP) is 4.81. The van der Waals surface area contributed by atoms with Gasteiger partial charge in [0, 0.05) is 62.3 Å². The van der Waals surface area contributed by atoms with E-state index in [-0.39, 0.29) is 57.6 Å². The number of aryl methyl sites for hydroxylation is 1. The second-order valence-corrected chi connectivity index (χ2v) is 20.8. The van der Waals surface area contributed by atoms with Gasteiger partial charge in [-0.15, -0.1) is 0 Å². The van der Waals surface area contributed by atoms with Gasteiger partial charge in [-0.3, -0.25) is 38.8 Å². The third kappa shape index (κ3) is 6.58. The number of piperidine rings is 2. The second kappa shape index (κ2) is 15.0. The van der Waals surface area contributed by atoms with Crippen LogP contribution in [0, 0.1) is 29.0 Å². The average Bonchev–Trinajstić information content (AvgIpc) is 3.74. The number of carbonyl (C=O) groups excluding carboxylic acids is 4. The van der Waals surface area contributed by atoms with Crippen molar-refractivity contribution in [3.8, 4) is 0 Å². The summed E-state index contributed by atoms with van der Waals surface area (Å²) in [5, 5.41) is 6.42. The highest BCUT2D eigenvalue weighted by molar-refractivity contribution is 7.89. The highest BCUT2D eigenvalue weighted by Gasteiger charge is 2.66. The number of hydrogen-bond donors (Lipinski definition) is 2. The third-order valence-electron chi connectivity index (χ3n) is 15.6. The molecule has 15 nitrogen and oxygen atoms in total. The summed E-state index contributed by atoms with van der Waals surface area (Å²) in [6.07, 6.45) is 10.7. The lowest BCUT2D eigenvalue weighted by Gasteiger charge is -2.66. The summed E-state index contributed by atoms with van der Waals surface area (Å²) in [7, 11) is -3.74. The van der Waals surface area contributed by atoms with Gasteiger partial charge < -0.3 is 10.2 Å². The number of rotatable bonds is 10. The summed E-state index contributed by atoms with van der Waals surface area (Å²) < 4.78 is 47.2. The van der Waals surface area contributed by atoms with Crippen LogP contribution in [0.5, 0.6) is 0 Å². The van der Waals surface area contributed by atoms with Gasteiger partial charge in [0.05, 0.1) is 21.7 Å². The second-order valence-electron chi connectivity index (χ2n) is 18.9. The SMILES string of the molecule is O=C1CCC(N2C(=O)c3cc(F)c(N4CC5CC6(CCc7cccc(S(=O)(=O)N8CCC(Nc9ncc%10ccc(=O)n(C%11CCCC%11)c%10n9)CC8)c7)C(CC56)C4)cc3C2=O)C(=O)N1. The first-order valence-electron chi connectivity index (χ1n) is 22.4. The van der Waals surface area contributed by atoms with Crippen molar-refractivity contribution in [2.24, 2.45) is 23.2 Å². The number of nitrogens with zero attached hydrogens (tertiary/aromatic N) is 6. The molecule has 2 N–H and O–H groups in total. The first-order valence-corrected chi connectivity index (χ1v) is 23.9. The zero-order chi connectivity index (χ0) is 43.4. The maximum Gasteiger partial charge on any atom is 0.262 e. The molecule has 4 amide bonds. The predicted molar refractivity (Wildman–Crippen MR) is 229 cm³/mol. The van der Waals surface area contributed by atoms with E-state index < -0.39 is 45.5 Å². The van der Waals surface area contributed by atoms with Gasteiger partial charge in [-0.2, -0.15) is 9.29 Å². The summed E-state index contributed by atoms with van der Waals surface area (Å²) in [6.45, 7) is 1.94. The number of hydrogen-bond acceptors (Lipinski definition) is 11. The van der Waals surface area contributed by atoms with Crippen LogP contribution in [0.1, 0.15) is 103 Å². The molecular formula is C46H49FN8O7S. The number of aromatic nitrogens is 3. The molecule has 9 aliphatic rings. The van der Waals surface area contributed by atoms with Crippen LogP contribution in [-0.4, -0.2) is 94.0 Å². The average molecular weight is 877 g/mol. The zero-order valence-electron chi connectivity index (χ0n) is 34.8. The van der Waals surface area contributed by atoms with E-state index in [1.54, 1.807) is 28.7 Å². The van der Waals surface area contributed by atoms with E-state index in [1.165, 1.54) is 6.07 Å². The van der Waals surface area contributed by atoms with Crippen LogP contribution in [0.25, 0.3) is 11.0 Å². The Kier molecular flexibility index (Phi) is 9.60. The van der Waals surface area contributed by atoms with E-state index in [4.69, 9.17) is 4.98 Å². The molecule has 5 unspecified atom stereocenters. The lowest BCUT2D eigenvalue weighted by atomic mass is 9.37. The van der Waals surface area contributed by atoms with Gasteiger partial charge in [0.25, 0.3) is 17.4 Å². The standard InChI is InChI=1S/C46H49FN8O7S/c47-36-20-33-34(44(60)55(43(33)59)37-9-10-39(56)50-42(37)58)21-38(36)52-24-28-22-46(29(25-52)19-35(28)46)15-12-26-4-3-7-32(18-26)63(61,62)53-16-13-30(14-17-53)49-45-48-23-27-8-11-40(57)54(41(27)51-45)31-5-1-2-6-31/h3-4,7-8,11,18,20-21,23,28-31,35,37H,1-2,5-6,9-10,12-17,19,22,24-25H2,(H,48,49,51)(H,50,56,58). The molecule has 17 heteroatoms. The van der Waals surface area contributed by atoms with Crippen LogP contribution in [-0.2, 0) is 26.0 Å². The number of sulfonamides is 1. The molecule has 6 aliphatic heterocycles. The van der Waals surface area contributed by atoms with Crippen molar-refractivity contribution >= 4 is 56.3 Å². The minimum Gasteiger partial charge on any atom is -0.369 e. The molecule has 2 aromatic heterocycles. The Labute approximate surface area is 363 Å². The first kappa shape index (κ1) is 40.2. The van der Waals surface area contributed by atoms with Crippen molar-refractivity contribution in [3.63, 3.8) is 0 Å². The van der Waals surface area contributed by atoms with Gasteiger partial charge in [-0.1, -0.05) is 25.0 Å². The third-order valence-corrected chi connectivity index (χ3v) is 17.5. The van der Waals surface area contributed by atoms with Crippen molar-refractivity contribution in [1.29, 1.82) is 0 Å². The lowest BCUT2D eigenvalue weighted by molar-refractivity contribution is -0.174. The molecule has 5 atom stereocenters. The minimum atomic E-state index is -3.74. The fourth-order valence-electron chi connectivity index (χ4n) is 12.3. The van der Waals surface area contributed by atoms with Crippen LogP contribution < -0.4 is 21.1 Å². The Morgan fingerprint density at radius 1 is 0.905 bits per heavy atom. The summed E-state index contributed by atoms with van der Waals surface area (Å²) in [5.74, 6) is -1.57. The molecule has 8 heterocycles. The minimum absolute atomic E-state index is 0.00357. The molecule has 3 saturated carbocycles. The molecule has 13 rings (SSSR count). The van der Waals surface area contributed by atoms with Gasteiger partial charge in [0.15, 0.2) is 0 Å². The zero-order valence-corrected chi connectivity index (χ0v) is 35.6. The molecule has 2 aromatic carbocycles. The van der Waals surface area contributed by atoms with E-state index in [1.807, 2.05) is 27.7 Å². The highest BCUT2D eigenvalue weighted by Crippen LogP contribution is 2.71. The fraction of sp³-hybridized carbons (Fsp3) is 0.500. The summed E-state index contributed by atoms with van der Waals surface area (Å²) in [4.78, 5) is 76.4. The van der Waals surface area contributed by atoms with E-state index in [0.717, 1.165) is 73.3 Å². The smallest absolute Gasteiger partial charge is 0.262 e. The quantitative estimate of drug-likeness (QED) is 0.209. The molecule has 328 valence electrons. The number of carbonyl (C=O) groups is 4. The Bertz CT molecular complexity index is 2790. The van der Waals surface area contributed by atoms with Crippen molar-refractivity contribution in [1.82, 2.24) is 29.1 Å². The molecule has 4 aromatic rings. The fourth-order valence-corrected chi connectivity index (χ4v) is 13.8. The maximum absolute atomic E-state index is 15.9. The molecular weight excluding hydrogens is 828 g/mol. The molecule has 8 fully saturated rings. The number of imide groups is 2. The number of benzene rings is 2. The number of fused-ring (bicyclic) bond motifs is 2. The van der Waals surface area contributed by atoms with Gasteiger partial charge in [0.2, 0.25) is 27.8 Å². The maximum atomic E-state index is 15.9. The van der Waals surface area contributed by atoms with Gasteiger partial charge in [-0.25, -0.2) is 17.8 Å². The monoisotopic (exact) mass is 876 g/mol. The van der Waals surface area contributed by atoms with E-state index in [9.17, 15) is 32.4 Å². The van der Waals surface area contributed by atoms with Crippen LogP contribution in [0.15, 0.2) is 64.4 Å². The molecule has 5 saturated heterocycles. The lowest BCUT2D eigenvalue weighted by Crippen LogP contribution is -2.61. The first-order chi connectivity index (χ1) is 30.4. The van der Waals surface area contributed by atoms with E-state index >= 15 is 4.39 Å². The van der Waals surface area contributed by atoms with Crippen LogP contribution in [0.2, 0.25) is 0 Å². The number of amides is 4. The largest absolute Gasteiger partial charge is 0.369 e. The number of halogens is 1. The van der Waals surface area contributed by atoms with Crippen molar-refractivity contribution in [2.45, 2.75) is 100 Å². The summed E-state index contributed by atoms with van der Waals surface area (Å²) in [6, 6.07) is 12.2. The van der Waals surface area contributed by atoms with E-state index in [0.29, 0.717) is 68.4 Å². The molecule has 3 aliphatic carbocycles. The van der Waals surface area contributed by atoms with E-state index in [2.05, 4.69) is 15.6 Å². The molecule has 63 heavy (non-hydrogen) atoms. The number of anilines is 2. The number of nitrogens with one attached hydrogen (secondary N) is 2. The summed E-state index contributed by atoms with van der Waals surface area (Å²) >= 11 is 0. The van der Waals surface area contributed by atoms with Crippen LogP contribution in [0.3, 0.4) is 0 Å². The molecule has 0 spiro atoms. The van der Waals surface area contributed by atoms with Crippen LogP contribution in [0.4, 0.5) is 16.0 Å².